The fourth-order valence-corrected chi connectivity index (χ4v) is 2.95. The SMILES string of the molecule is Cc1nn(-c2ccc(NCCNC(=O)Cc3ccccc3Cl)nn2)c(C)c1C. The molecule has 2 N–H and O–H groups in total. The molecule has 0 unspecified atom stereocenters. The lowest BCUT2D eigenvalue weighted by atomic mass is 10.1. The molecule has 0 saturated carbocycles. The third kappa shape index (κ3) is 4.67. The summed E-state index contributed by atoms with van der Waals surface area (Å²) in [4.78, 5) is 12.0. The molecule has 1 aromatic carbocycles. The zero-order valence-electron chi connectivity index (χ0n) is 16.2. The minimum absolute atomic E-state index is 0.0729. The van der Waals surface area contributed by atoms with Crippen molar-refractivity contribution in [3.63, 3.8) is 0 Å². The Kier molecular flexibility index (Phi) is 6.26. The molecule has 0 spiro atoms. The van der Waals surface area contributed by atoms with Crippen LogP contribution >= 0.6 is 11.6 Å². The van der Waals surface area contributed by atoms with E-state index in [0.717, 1.165) is 22.5 Å². The van der Waals surface area contributed by atoms with Gasteiger partial charge in [-0.15, -0.1) is 10.2 Å². The van der Waals surface area contributed by atoms with Gasteiger partial charge in [-0.05, 0) is 50.1 Å². The second-order valence-corrected chi connectivity index (χ2v) is 6.94. The molecule has 0 atom stereocenters. The molecule has 146 valence electrons. The summed E-state index contributed by atoms with van der Waals surface area (Å²) < 4.78 is 1.79. The Morgan fingerprint density at radius 2 is 1.86 bits per heavy atom. The summed E-state index contributed by atoms with van der Waals surface area (Å²) in [5, 5.41) is 19.5. The van der Waals surface area contributed by atoms with Gasteiger partial charge in [-0.1, -0.05) is 29.8 Å². The zero-order chi connectivity index (χ0) is 20.1. The average Bonchev–Trinajstić information content (AvgIpc) is 2.95. The molecule has 3 rings (SSSR count). The summed E-state index contributed by atoms with van der Waals surface area (Å²) in [6.45, 7) is 7.04. The molecule has 0 aliphatic rings. The highest BCUT2D eigenvalue weighted by Gasteiger charge is 2.10. The van der Waals surface area contributed by atoms with Gasteiger partial charge >= 0.3 is 0 Å². The molecule has 7 nitrogen and oxygen atoms in total. The maximum atomic E-state index is 12.0. The van der Waals surface area contributed by atoms with Gasteiger partial charge in [0.1, 0.15) is 5.82 Å². The molecular weight excluding hydrogens is 376 g/mol. The van der Waals surface area contributed by atoms with Crippen molar-refractivity contribution in [3.05, 3.63) is 63.9 Å². The van der Waals surface area contributed by atoms with Gasteiger partial charge in [-0.25, -0.2) is 4.68 Å². The van der Waals surface area contributed by atoms with Crippen molar-refractivity contribution in [3.8, 4) is 5.82 Å². The number of nitrogens with zero attached hydrogens (tertiary/aromatic N) is 4. The number of hydrogen-bond donors (Lipinski definition) is 2. The number of nitrogens with one attached hydrogen (secondary N) is 2. The van der Waals surface area contributed by atoms with Crippen molar-refractivity contribution < 1.29 is 4.79 Å². The lowest BCUT2D eigenvalue weighted by Crippen LogP contribution is -2.30. The molecular formula is C20H23ClN6O. The maximum absolute atomic E-state index is 12.0. The van der Waals surface area contributed by atoms with Crippen LogP contribution in [-0.2, 0) is 11.2 Å². The highest BCUT2D eigenvalue weighted by atomic mass is 35.5. The predicted molar refractivity (Wildman–Crippen MR) is 110 cm³/mol. The van der Waals surface area contributed by atoms with E-state index in [1.54, 1.807) is 10.7 Å². The molecule has 0 aliphatic heterocycles. The van der Waals surface area contributed by atoms with Crippen LogP contribution in [0, 0.1) is 20.8 Å². The quantitative estimate of drug-likeness (QED) is 0.597. The van der Waals surface area contributed by atoms with E-state index < -0.39 is 0 Å². The summed E-state index contributed by atoms with van der Waals surface area (Å²) in [5.41, 5.74) is 4.00. The van der Waals surface area contributed by atoms with Crippen molar-refractivity contribution in [2.24, 2.45) is 0 Å². The molecule has 0 fully saturated rings. The van der Waals surface area contributed by atoms with Crippen LogP contribution in [0.5, 0.6) is 0 Å². The van der Waals surface area contributed by atoms with Gasteiger partial charge in [-0.3, -0.25) is 4.79 Å². The first-order valence-electron chi connectivity index (χ1n) is 9.06. The average molecular weight is 399 g/mol. The number of benzene rings is 1. The van der Waals surface area contributed by atoms with Crippen molar-refractivity contribution in [2.45, 2.75) is 27.2 Å². The Hall–Kier alpha value is -2.93. The van der Waals surface area contributed by atoms with E-state index in [-0.39, 0.29) is 12.3 Å². The first kappa shape index (κ1) is 19.8. The second-order valence-electron chi connectivity index (χ2n) is 6.53. The van der Waals surface area contributed by atoms with Crippen molar-refractivity contribution in [1.82, 2.24) is 25.3 Å². The lowest BCUT2D eigenvalue weighted by molar-refractivity contribution is -0.120. The molecule has 28 heavy (non-hydrogen) atoms. The monoisotopic (exact) mass is 398 g/mol. The maximum Gasteiger partial charge on any atom is 0.224 e. The first-order chi connectivity index (χ1) is 13.5. The van der Waals surface area contributed by atoms with Gasteiger partial charge in [0.2, 0.25) is 5.91 Å². The minimum Gasteiger partial charge on any atom is -0.367 e. The fourth-order valence-electron chi connectivity index (χ4n) is 2.75. The molecule has 8 heteroatoms. The highest BCUT2D eigenvalue weighted by Crippen LogP contribution is 2.16. The van der Waals surface area contributed by atoms with Crippen molar-refractivity contribution in [1.29, 1.82) is 0 Å². The largest absolute Gasteiger partial charge is 0.367 e. The number of carbonyl (C=O) groups excluding carboxylic acids is 1. The summed E-state index contributed by atoms with van der Waals surface area (Å²) in [6, 6.07) is 11.1. The van der Waals surface area contributed by atoms with Crippen LogP contribution in [0.15, 0.2) is 36.4 Å². The van der Waals surface area contributed by atoms with E-state index in [0.29, 0.717) is 29.7 Å². The number of aryl methyl sites for hydroxylation is 1. The van der Waals surface area contributed by atoms with E-state index in [4.69, 9.17) is 11.6 Å². The van der Waals surface area contributed by atoms with Crippen LogP contribution in [0.4, 0.5) is 5.82 Å². The van der Waals surface area contributed by atoms with Gasteiger partial charge in [-0.2, -0.15) is 5.10 Å². The molecule has 0 bridgehead atoms. The number of hydrogen-bond acceptors (Lipinski definition) is 5. The molecule has 2 heterocycles. The van der Waals surface area contributed by atoms with Crippen LogP contribution in [0.2, 0.25) is 5.02 Å². The first-order valence-corrected chi connectivity index (χ1v) is 9.44. The Labute approximate surface area is 169 Å². The van der Waals surface area contributed by atoms with Gasteiger partial charge in [0.15, 0.2) is 5.82 Å². The third-order valence-corrected chi connectivity index (χ3v) is 4.95. The molecule has 3 aromatic rings. The van der Waals surface area contributed by atoms with Gasteiger partial charge in [0, 0.05) is 23.8 Å². The third-order valence-electron chi connectivity index (χ3n) is 4.58. The molecule has 0 radical (unpaired) electrons. The topological polar surface area (TPSA) is 84.7 Å². The second kappa shape index (κ2) is 8.84. The van der Waals surface area contributed by atoms with Gasteiger partial charge in [0.05, 0.1) is 12.1 Å². The highest BCUT2D eigenvalue weighted by molar-refractivity contribution is 6.31. The minimum atomic E-state index is -0.0729. The molecule has 2 aromatic heterocycles. The predicted octanol–water partition coefficient (Wildman–Crippen LogP) is 3.01. The number of carbonyl (C=O) groups is 1. The lowest BCUT2D eigenvalue weighted by Gasteiger charge is -2.08. The number of halogens is 1. The Morgan fingerprint density at radius 3 is 2.50 bits per heavy atom. The standard InChI is InChI=1S/C20H23ClN6O/c1-13-14(2)26-27(15(13)3)19-9-8-18(24-25-19)22-10-11-23-20(28)12-16-6-4-5-7-17(16)21/h4-9H,10-12H2,1-3H3,(H,22,24)(H,23,28). The van der Waals surface area contributed by atoms with Crippen molar-refractivity contribution in [2.75, 3.05) is 18.4 Å². The molecule has 0 aliphatic carbocycles. The van der Waals surface area contributed by atoms with Crippen molar-refractivity contribution >= 4 is 23.3 Å². The smallest absolute Gasteiger partial charge is 0.224 e. The number of rotatable bonds is 7. The summed E-state index contributed by atoms with van der Waals surface area (Å²) >= 11 is 6.07. The van der Waals surface area contributed by atoms with E-state index in [1.165, 1.54) is 0 Å². The van der Waals surface area contributed by atoms with E-state index in [9.17, 15) is 4.79 Å². The van der Waals surface area contributed by atoms with Crippen LogP contribution in [0.1, 0.15) is 22.5 Å². The van der Waals surface area contributed by atoms with Crippen LogP contribution in [-0.4, -0.2) is 39.0 Å². The van der Waals surface area contributed by atoms with E-state index >= 15 is 0 Å². The molecule has 1 amide bonds. The fraction of sp³-hybridized carbons (Fsp3) is 0.300. The van der Waals surface area contributed by atoms with E-state index in [1.807, 2.05) is 51.1 Å². The Morgan fingerprint density at radius 1 is 1.07 bits per heavy atom. The zero-order valence-corrected chi connectivity index (χ0v) is 16.9. The summed E-state index contributed by atoms with van der Waals surface area (Å²) in [7, 11) is 0. The number of amides is 1. The number of anilines is 1. The summed E-state index contributed by atoms with van der Waals surface area (Å²) in [5.74, 6) is 1.24. The van der Waals surface area contributed by atoms with E-state index in [2.05, 4.69) is 25.9 Å². The van der Waals surface area contributed by atoms with Crippen LogP contribution < -0.4 is 10.6 Å². The summed E-state index contributed by atoms with van der Waals surface area (Å²) in [6.07, 6.45) is 0.260. The normalized spacial score (nSPS) is 10.7. The van der Waals surface area contributed by atoms with Crippen LogP contribution in [0.3, 0.4) is 0 Å². The molecule has 0 saturated heterocycles. The van der Waals surface area contributed by atoms with Crippen LogP contribution in [0.25, 0.3) is 5.82 Å². The van der Waals surface area contributed by atoms with Gasteiger partial charge < -0.3 is 10.6 Å². The Balaban J connectivity index is 1.47. The van der Waals surface area contributed by atoms with Gasteiger partial charge in [0.25, 0.3) is 0 Å². The Bertz CT molecular complexity index is 967. The number of aromatic nitrogens is 4.